The highest BCUT2D eigenvalue weighted by Crippen LogP contribution is 2.21. The van der Waals surface area contributed by atoms with Gasteiger partial charge in [0, 0.05) is 30.3 Å². The zero-order chi connectivity index (χ0) is 15.4. The summed E-state index contributed by atoms with van der Waals surface area (Å²) in [5.74, 6) is -0.0780. The topological polar surface area (TPSA) is 70.2 Å². The predicted octanol–water partition coefficient (Wildman–Crippen LogP) is 2.10. The summed E-state index contributed by atoms with van der Waals surface area (Å²) in [5, 5.41) is 8.90. The maximum atomic E-state index is 12.4. The number of benzene rings is 1. The Kier molecular flexibility index (Phi) is 6.84. The van der Waals surface area contributed by atoms with Gasteiger partial charge in [0.2, 0.25) is 5.91 Å². The Bertz CT molecular complexity index is 548. The number of carbonyl (C=O) groups excluding carboxylic acids is 2. The van der Waals surface area contributed by atoms with Crippen molar-refractivity contribution in [3.63, 3.8) is 0 Å². The summed E-state index contributed by atoms with van der Waals surface area (Å²) >= 11 is 0. The molecule has 0 spiro atoms. The summed E-state index contributed by atoms with van der Waals surface area (Å²) < 4.78 is 0. The molecule has 5 nitrogen and oxygen atoms in total. The number of halogens is 1. The highest BCUT2D eigenvalue weighted by atomic mass is 35.5. The van der Waals surface area contributed by atoms with Crippen LogP contribution in [0.2, 0.25) is 0 Å². The van der Waals surface area contributed by atoms with Gasteiger partial charge >= 0.3 is 0 Å². The molecule has 0 bridgehead atoms. The van der Waals surface area contributed by atoms with E-state index in [1.165, 1.54) is 0 Å². The molecule has 1 fully saturated rings. The van der Waals surface area contributed by atoms with E-state index >= 15 is 0 Å². The van der Waals surface area contributed by atoms with Crippen LogP contribution < -0.4 is 16.0 Å². The second-order valence-corrected chi connectivity index (χ2v) is 5.67. The molecule has 0 aliphatic carbocycles. The fraction of sp³-hybridized carbons (Fsp3) is 0.500. The van der Waals surface area contributed by atoms with E-state index in [9.17, 15) is 9.59 Å². The molecule has 0 unspecified atom stereocenters. The van der Waals surface area contributed by atoms with E-state index in [1.54, 1.807) is 19.2 Å². The fourth-order valence-corrected chi connectivity index (χ4v) is 2.65. The molecule has 0 radical (unpaired) electrons. The molecule has 2 amide bonds. The Hall–Kier alpha value is -1.59. The number of anilines is 1. The van der Waals surface area contributed by atoms with Crippen molar-refractivity contribution in [1.29, 1.82) is 0 Å². The van der Waals surface area contributed by atoms with Gasteiger partial charge in [0.25, 0.3) is 5.91 Å². The van der Waals surface area contributed by atoms with Gasteiger partial charge in [0.15, 0.2) is 0 Å². The molecule has 22 heavy (non-hydrogen) atoms. The van der Waals surface area contributed by atoms with Gasteiger partial charge in [-0.1, -0.05) is 6.07 Å². The number of amides is 2. The van der Waals surface area contributed by atoms with Gasteiger partial charge in [-0.05, 0) is 50.9 Å². The number of aryl methyl sites for hydroxylation is 1. The quantitative estimate of drug-likeness (QED) is 0.797. The average molecular weight is 326 g/mol. The van der Waals surface area contributed by atoms with Crippen LogP contribution in [0.25, 0.3) is 0 Å². The minimum Gasteiger partial charge on any atom is -0.355 e. The van der Waals surface area contributed by atoms with Gasteiger partial charge in [-0.25, -0.2) is 0 Å². The Morgan fingerprint density at radius 3 is 2.68 bits per heavy atom. The minimum absolute atomic E-state index is 0. The van der Waals surface area contributed by atoms with Crippen molar-refractivity contribution in [2.75, 3.05) is 18.9 Å². The Morgan fingerprint density at radius 1 is 1.32 bits per heavy atom. The van der Waals surface area contributed by atoms with Crippen LogP contribution in [-0.2, 0) is 4.79 Å². The molecule has 2 rings (SSSR count). The molecule has 1 aromatic carbocycles. The molecule has 1 heterocycles. The van der Waals surface area contributed by atoms with Gasteiger partial charge in [-0.3, -0.25) is 9.59 Å². The molecule has 122 valence electrons. The molecule has 0 aromatic heterocycles. The molecule has 6 heteroatoms. The van der Waals surface area contributed by atoms with Gasteiger partial charge in [0.1, 0.15) is 0 Å². The first-order valence-electron chi connectivity index (χ1n) is 7.38. The van der Waals surface area contributed by atoms with Crippen LogP contribution in [0.3, 0.4) is 0 Å². The Labute approximate surface area is 137 Å². The summed E-state index contributed by atoms with van der Waals surface area (Å²) in [7, 11) is 1.59. The molecule has 1 aromatic rings. The van der Waals surface area contributed by atoms with E-state index in [-0.39, 0.29) is 30.1 Å². The smallest absolute Gasteiger partial charge is 0.251 e. The second-order valence-electron chi connectivity index (χ2n) is 5.67. The van der Waals surface area contributed by atoms with Gasteiger partial charge in [0.05, 0.1) is 0 Å². The van der Waals surface area contributed by atoms with Crippen LogP contribution in [-0.4, -0.2) is 31.4 Å². The van der Waals surface area contributed by atoms with Crippen molar-refractivity contribution in [1.82, 2.24) is 10.6 Å². The summed E-state index contributed by atoms with van der Waals surface area (Å²) in [6.07, 6.45) is 1.70. The van der Waals surface area contributed by atoms with E-state index in [2.05, 4.69) is 22.9 Å². The molecular weight excluding hydrogens is 302 g/mol. The van der Waals surface area contributed by atoms with Crippen LogP contribution >= 0.6 is 12.4 Å². The maximum absolute atomic E-state index is 12.4. The molecule has 1 aliphatic rings. The zero-order valence-corrected chi connectivity index (χ0v) is 14.0. The maximum Gasteiger partial charge on any atom is 0.251 e. The molecule has 2 atom stereocenters. The first kappa shape index (κ1) is 18.5. The largest absolute Gasteiger partial charge is 0.355 e. The number of hydrogen-bond donors (Lipinski definition) is 3. The lowest BCUT2D eigenvalue weighted by Gasteiger charge is -2.27. The number of piperidine rings is 1. The average Bonchev–Trinajstić information content (AvgIpc) is 2.48. The molecule has 0 saturated carbocycles. The summed E-state index contributed by atoms with van der Waals surface area (Å²) in [5.41, 5.74) is 2.22. The standard InChI is InChI=1S/C16H23N3O2.ClH/c1-10-4-5-12(15(20)17-3)9-14(10)19-16(21)13-6-7-18-11(2)8-13;/h4-5,9,11,13,18H,6-8H2,1-3H3,(H,17,20)(H,19,21);1H/t11-,13-;/m0./s1. The normalized spacial score (nSPS) is 20.7. The monoisotopic (exact) mass is 325 g/mol. The van der Waals surface area contributed by atoms with Gasteiger partial charge < -0.3 is 16.0 Å². The third-order valence-corrected chi connectivity index (χ3v) is 3.98. The second kappa shape index (κ2) is 8.15. The lowest BCUT2D eigenvalue weighted by Crippen LogP contribution is -2.40. The highest BCUT2D eigenvalue weighted by Gasteiger charge is 2.25. The van der Waals surface area contributed by atoms with E-state index in [0.29, 0.717) is 17.3 Å². The van der Waals surface area contributed by atoms with E-state index in [4.69, 9.17) is 0 Å². The van der Waals surface area contributed by atoms with Gasteiger partial charge in [-0.2, -0.15) is 0 Å². The number of hydrogen-bond acceptors (Lipinski definition) is 3. The van der Waals surface area contributed by atoms with E-state index in [0.717, 1.165) is 24.9 Å². The first-order valence-corrected chi connectivity index (χ1v) is 7.38. The van der Waals surface area contributed by atoms with Crippen LogP contribution in [0.5, 0.6) is 0 Å². The van der Waals surface area contributed by atoms with Crippen molar-refractivity contribution in [2.24, 2.45) is 5.92 Å². The van der Waals surface area contributed by atoms with Crippen LogP contribution in [0, 0.1) is 12.8 Å². The minimum atomic E-state index is -0.152. The molecule has 1 saturated heterocycles. The fourth-order valence-electron chi connectivity index (χ4n) is 2.65. The third kappa shape index (κ3) is 4.45. The van der Waals surface area contributed by atoms with Gasteiger partial charge in [-0.15, -0.1) is 12.4 Å². The molecular formula is C16H24ClN3O2. The zero-order valence-electron chi connectivity index (χ0n) is 13.2. The summed E-state index contributed by atoms with van der Waals surface area (Å²) in [6, 6.07) is 5.71. The molecule has 1 aliphatic heterocycles. The summed E-state index contributed by atoms with van der Waals surface area (Å²) in [4.78, 5) is 24.1. The lowest BCUT2D eigenvalue weighted by atomic mass is 9.92. The molecule has 3 N–H and O–H groups in total. The van der Waals surface area contributed by atoms with Crippen molar-refractivity contribution < 1.29 is 9.59 Å². The Morgan fingerprint density at radius 2 is 2.05 bits per heavy atom. The van der Waals surface area contributed by atoms with Crippen molar-refractivity contribution >= 4 is 29.9 Å². The number of rotatable bonds is 3. The van der Waals surface area contributed by atoms with Crippen molar-refractivity contribution in [3.05, 3.63) is 29.3 Å². The SMILES string of the molecule is CNC(=O)c1ccc(C)c(NC(=O)[C@H]2CCN[C@@H](C)C2)c1.Cl. The van der Waals surface area contributed by atoms with Crippen molar-refractivity contribution in [2.45, 2.75) is 32.7 Å². The van der Waals surface area contributed by atoms with Crippen molar-refractivity contribution in [3.8, 4) is 0 Å². The number of carbonyl (C=O) groups is 2. The first-order chi connectivity index (χ1) is 10.0. The summed E-state index contributed by atoms with van der Waals surface area (Å²) in [6.45, 7) is 4.89. The lowest BCUT2D eigenvalue weighted by molar-refractivity contribution is -0.120. The van der Waals surface area contributed by atoms with Crippen LogP contribution in [0.4, 0.5) is 5.69 Å². The van der Waals surface area contributed by atoms with Crippen LogP contribution in [0.15, 0.2) is 18.2 Å². The highest BCUT2D eigenvalue weighted by molar-refractivity contribution is 5.98. The van der Waals surface area contributed by atoms with E-state index < -0.39 is 0 Å². The Balaban J connectivity index is 0.00000242. The third-order valence-electron chi connectivity index (χ3n) is 3.98. The number of nitrogens with one attached hydrogen (secondary N) is 3. The van der Waals surface area contributed by atoms with E-state index in [1.807, 2.05) is 13.0 Å². The van der Waals surface area contributed by atoms with Crippen LogP contribution in [0.1, 0.15) is 35.7 Å². The predicted molar refractivity (Wildman–Crippen MR) is 90.6 cm³/mol.